The number of rotatable bonds is 3. The molecule has 0 spiro atoms. The molecule has 1 aromatic carbocycles. The van der Waals surface area contributed by atoms with Crippen molar-refractivity contribution in [1.29, 1.82) is 0 Å². The minimum absolute atomic E-state index is 0.190. The molecule has 98 valence electrons. The van der Waals surface area contributed by atoms with E-state index < -0.39 is 0 Å². The maximum atomic E-state index is 12.0. The molecule has 0 saturated heterocycles. The van der Waals surface area contributed by atoms with Crippen molar-refractivity contribution in [2.24, 2.45) is 5.73 Å². The number of thiocarbonyl (C=S) groups is 1. The third kappa shape index (κ3) is 3.13. The molecule has 6 heteroatoms. The zero-order valence-corrected chi connectivity index (χ0v) is 11.6. The van der Waals surface area contributed by atoms with Crippen molar-refractivity contribution < 1.29 is 9.21 Å². The Labute approximate surface area is 120 Å². The molecule has 0 aliphatic rings. The van der Waals surface area contributed by atoms with Crippen LogP contribution in [0.15, 0.2) is 34.9 Å². The van der Waals surface area contributed by atoms with Crippen LogP contribution in [0.5, 0.6) is 0 Å². The SMILES string of the molecule is Cc1cc(C(=O)Nc2cc(Cl)ccc2C(N)=S)co1. The Kier molecular flexibility index (Phi) is 3.87. The van der Waals surface area contributed by atoms with Gasteiger partial charge < -0.3 is 15.5 Å². The molecule has 0 aliphatic carbocycles. The second-order valence-corrected chi connectivity index (χ2v) is 4.83. The minimum atomic E-state index is -0.309. The summed E-state index contributed by atoms with van der Waals surface area (Å²) in [6.07, 6.45) is 1.38. The van der Waals surface area contributed by atoms with Crippen LogP contribution in [0.1, 0.15) is 21.7 Å². The molecular formula is C13H11ClN2O2S. The van der Waals surface area contributed by atoms with Crippen molar-refractivity contribution in [3.05, 3.63) is 52.4 Å². The van der Waals surface area contributed by atoms with E-state index in [0.29, 0.717) is 27.6 Å². The largest absolute Gasteiger partial charge is 0.469 e. The van der Waals surface area contributed by atoms with Gasteiger partial charge in [-0.3, -0.25) is 4.79 Å². The van der Waals surface area contributed by atoms with Gasteiger partial charge >= 0.3 is 0 Å². The summed E-state index contributed by atoms with van der Waals surface area (Å²) in [5, 5.41) is 3.20. The first kappa shape index (κ1) is 13.6. The highest BCUT2D eigenvalue weighted by Crippen LogP contribution is 2.22. The van der Waals surface area contributed by atoms with Crippen LogP contribution < -0.4 is 11.1 Å². The number of nitrogens with one attached hydrogen (secondary N) is 1. The van der Waals surface area contributed by atoms with E-state index in [1.165, 1.54) is 6.26 Å². The molecule has 4 nitrogen and oxygen atoms in total. The first-order valence-corrected chi connectivity index (χ1v) is 6.22. The quantitative estimate of drug-likeness (QED) is 0.854. The second-order valence-electron chi connectivity index (χ2n) is 3.95. The minimum Gasteiger partial charge on any atom is -0.469 e. The Morgan fingerprint density at radius 1 is 1.42 bits per heavy atom. The standard InChI is InChI=1S/C13H11ClN2O2S/c1-7-4-8(6-18-7)13(17)16-11-5-9(14)2-3-10(11)12(15)19/h2-6H,1H3,(H2,15,19)(H,16,17). The van der Waals surface area contributed by atoms with E-state index in [2.05, 4.69) is 5.32 Å². The molecule has 0 radical (unpaired) electrons. The van der Waals surface area contributed by atoms with E-state index in [-0.39, 0.29) is 10.9 Å². The van der Waals surface area contributed by atoms with Gasteiger partial charge in [-0.1, -0.05) is 23.8 Å². The van der Waals surface area contributed by atoms with Gasteiger partial charge in [0.25, 0.3) is 5.91 Å². The number of nitrogens with two attached hydrogens (primary N) is 1. The molecular weight excluding hydrogens is 284 g/mol. The monoisotopic (exact) mass is 294 g/mol. The first-order chi connectivity index (χ1) is 8.97. The normalized spacial score (nSPS) is 10.2. The van der Waals surface area contributed by atoms with Crippen molar-refractivity contribution >= 4 is 40.4 Å². The molecule has 3 N–H and O–H groups in total. The van der Waals surface area contributed by atoms with Crippen molar-refractivity contribution in [1.82, 2.24) is 0 Å². The van der Waals surface area contributed by atoms with Crippen molar-refractivity contribution in [2.75, 3.05) is 5.32 Å². The lowest BCUT2D eigenvalue weighted by Crippen LogP contribution is -2.17. The van der Waals surface area contributed by atoms with Gasteiger partial charge in [0.05, 0.1) is 11.3 Å². The van der Waals surface area contributed by atoms with Gasteiger partial charge in [-0.2, -0.15) is 0 Å². The van der Waals surface area contributed by atoms with E-state index in [0.717, 1.165) is 0 Å². The number of aryl methyl sites for hydroxylation is 1. The highest BCUT2D eigenvalue weighted by Gasteiger charge is 2.13. The van der Waals surface area contributed by atoms with Crippen LogP contribution in [0.4, 0.5) is 5.69 Å². The van der Waals surface area contributed by atoms with Crippen LogP contribution in [0.3, 0.4) is 0 Å². The predicted octanol–water partition coefficient (Wildman–Crippen LogP) is 3.13. The number of furan rings is 1. The zero-order valence-electron chi connectivity index (χ0n) is 10.1. The Bertz CT molecular complexity index is 652. The number of halogens is 1. The Morgan fingerprint density at radius 2 is 2.16 bits per heavy atom. The first-order valence-electron chi connectivity index (χ1n) is 5.43. The summed E-state index contributed by atoms with van der Waals surface area (Å²) in [7, 11) is 0. The summed E-state index contributed by atoms with van der Waals surface area (Å²) in [4.78, 5) is 12.2. The van der Waals surface area contributed by atoms with Crippen molar-refractivity contribution in [3.8, 4) is 0 Å². The number of anilines is 1. The van der Waals surface area contributed by atoms with Crippen molar-refractivity contribution in [3.63, 3.8) is 0 Å². The molecule has 0 saturated carbocycles. The average Bonchev–Trinajstić information content (AvgIpc) is 2.75. The topological polar surface area (TPSA) is 68.3 Å². The molecule has 2 aromatic rings. The number of amides is 1. The lowest BCUT2D eigenvalue weighted by molar-refractivity contribution is 0.102. The third-order valence-electron chi connectivity index (χ3n) is 2.49. The van der Waals surface area contributed by atoms with E-state index in [1.807, 2.05) is 0 Å². The fourth-order valence-electron chi connectivity index (χ4n) is 1.59. The number of benzene rings is 1. The molecule has 0 bridgehead atoms. The number of carbonyl (C=O) groups is 1. The highest BCUT2D eigenvalue weighted by atomic mass is 35.5. The van der Waals surface area contributed by atoms with Gasteiger partial charge in [0.1, 0.15) is 17.0 Å². The van der Waals surface area contributed by atoms with Crippen LogP contribution in [0.2, 0.25) is 5.02 Å². The second kappa shape index (κ2) is 5.42. The average molecular weight is 295 g/mol. The zero-order chi connectivity index (χ0) is 14.0. The number of carbonyl (C=O) groups excluding carboxylic acids is 1. The van der Waals surface area contributed by atoms with Gasteiger partial charge in [0.15, 0.2) is 0 Å². The lowest BCUT2D eigenvalue weighted by Gasteiger charge is -2.09. The summed E-state index contributed by atoms with van der Waals surface area (Å²) < 4.78 is 5.09. The fraction of sp³-hybridized carbons (Fsp3) is 0.0769. The van der Waals surface area contributed by atoms with Gasteiger partial charge in [0, 0.05) is 10.6 Å². The molecule has 2 rings (SSSR count). The lowest BCUT2D eigenvalue weighted by atomic mass is 10.1. The van der Waals surface area contributed by atoms with Crippen LogP contribution in [0, 0.1) is 6.92 Å². The molecule has 0 atom stereocenters. The van der Waals surface area contributed by atoms with Crippen LogP contribution in [-0.4, -0.2) is 10.9 Å². The fourth-order valence-corrected chi connectivity index (χ4v) is 1.94. The summed E-state index contributed by atoms with van der Waals surface area (Å²) >= 11 is 10.8. The van der Waals surface area contributed by atoms with Gasteiger partial charge in [-0.25, -0.2) is 0 Å². The Morgan fingerprint density at radius 3 is 2.74 bits per heavy atom. The molecule has 1 heterocycles. The van der Waals surface area contributed by atoms with Crippen LogP contribution >= 0.6 is 23.8 Å². The summed E-state index contributed by atoms with van der Waals surface area (Å²) in [6, 6.07) is 6.57. The Hall–Kier alpha value is -1.85. The summed E-state index contributed by atoms with van der Waals surface area (Å²) in [6.45, 7) is 1.76. The van der Waals surface area contributed by atoms with Crippen LogP contribution in [0.25, 0.3) is 0 Å². The van der Waals surface area contributed by atoms with Gasteiger partial charge in [0.2, 0.25) is 0 Å². The maximum absolute atomic E-state index is 12.0. The van der Waals surface area contributed by atoms with E-state index in [4.69, 9.17) is 34.0 Å². The molecule has 1 amide bonds. The Balaban J connectivity index is 2.30. The third-order valence-corrected chi connectivity index (χ3v) is 2.94. The molecule has 19 heavy (non-hydrogen) atoms. The number of hydrogen-bond acceptors (Lipinski definition) is 3. The molecule has 1 aromatic heterocycles. The van der Waals surface area contributed by atoms with Gasteiger partial charge in [-0.15, -0.1) is 0 Å². The van der Waals surface area contributed by atoms with E-state index >= 15 is 0 Å². The summed E-state index contributed by atoms with van der Waals surface area (Å²) in [5.41, 5.74) is 7.06. The van der Waals surface area contributed by atoms with Crippen molar-refractivity contribution in [2.45, 2.75) is 6.92 Å². The molecule has 0 aliphatic heterocycles. The molecule has 0 unspecified atom stereocenters. The smallest absolute Gasteiger partial charge is 0.258 e. The maximum Gasteiger partial charge on any atom is 0.258 e. The summed E-state index contributed by atoms with van der Waals surface area (Å²) in [5.74, 6) is 0.349. The highest BCUT2D eigenvalue weighted by molar-refractivity contribution is 7.80. The van der Waals surface area contributed by atoms with E-state index in [9.17, 15) is 4.79 Å². The van der Waals surface area contributed by atoms with Gasteiger partial charge in [-0.05, 0) is 31.2 Å². The molecule has 0 fully saturated rings. The predicted molar refractivity (Wildman–Crippen MR) is 78.7 cm³/mol. The van der Waals surface area contributed by atoms with E-state index in [1.54, 1.807) is 31.2 Å². The number of hydrogen-bond donors (Lipinski definition) is 2. The van der Waals surface area contributed by atoms with Crippen LogP contribution in [-0.2, 0) is 0 Å².